The Morgan fingerprint density at radius 2 is 2.00 bits per heavy atom. The second-order valence-electron chi connectivity index (χ2n) is 4.69. The lowest BCUT2D eigenvalue weighted by molar-refractivity contribution is -0.0438. The summed E-state index contributed by atoms with van der Waals surface area (Å²) in [5.41, 5.74) is 0.902. The highest BCUT2D eigenvalue weighted by Gasteiger charge is 2.57. The average Bonchev–Trinajstić information content (AvgIpc) is 2.10. The van der Waals surface area contributed by atoms with Gasteiger partial charge in [0.15, 0.2) is 0 Å². The Hall–Kier alpha value is -0.830. The molecule has 3 heteroatoms. The maximum atomic E-state index is 12.0. The van der Waals surface area contributed by atoms with Crippen LogP contribution in [0.4, 0.5) is 0 Å². The van der Waals surface area contributed by atoms with E-state index < -0.39 is 0 Å². The second kappa shape index (κ2) is 3.08. The predicted molar refractivity (Wildman–Crippen MR) is 61.7 cm³/mol. The van der Waals surface area contributed by atoms with Gasteiger partial charge in [-0.2, -0.15) is 0 Å². The van der Waals surface area contributed by atoms with Crippen LogP contribution >= 0.6 is 15.9 Å². The highest BCUT2D eigenvalue weighted by atomic mass is 79.9. The van der Waals surface area contributed by atoms with Gasteiger partial charge >= 0.3 is 0 Å². The van der Waals surface area contributed by atoms with E-state index in [0.29, 0.717) is 0 Å². The van der Waals surface area contributed by atoms with Crippen molar-refractivity contribution in [3.05, 3.63) is 34.3 Å². The minimum atomic E-state index is 0.0561. The molecule has 1 N–H and O–H groups in total. The zero-order valence-electron chi connectivity index (χ0n) is 8.29. The van der Waals surface area contributed by atoms with Crippen LogP contribution in [0.15, 0.2) is 28.7 Å². The monoisotopic (exact) mass is 265 g/mol. The molecule has 2 bridgehead atoms. The van der Waals surface area contributed by atoms with Crippen LogP contribution in [0, 0.1) is 5.92 Å². The molecule has 0 saturated heterocycles. The fraction of sp³-hybridized carbons (Fsp3) is 0.417. The van der Waals surface area contributed by atoms with E-state index in [0.717, 1.165) is 16.0 Å². The Balaban J connectivity index is 1.77. The van der Waals surface area contributed by atoms with E-state index >= 15 is 0 Å². The summed E-state index contributed by atoms with van der Waals surface area (Å²) in [5, 5.41) is 3.15. The molecular formula is C12H12BrNO. The summed E-state index contributed by atoms with van der Waals surface area (Å²) >= 11 is 3.40. The number of carbonyl (C=O) groups is 1. The molecule has 0 heterocycles. The van der Waals surface area contributed by atoms with Crippen LogP contribution in [0.5, 0.6) is 0 Å². The first-order chi connectivity index (χ1) is 7.19. The molecule has 1 amide bonds. The zero-order valence-corrected chi connectivity index (χ0v) is 9.88. The minimum Gasteiger partial charge on any atom is -0.347 e. The van der Waals surface area contributed by atoms with Crippen LogP contribution in [0.25, 0.3) is 0 Å². The number of nitrogens with one attached hydrogen (secondary N) is 1. The summed E-state index contributed by atoms with van der Waals surface area (Å²) in [6, 6.07) is 7.56. The van der Waals surface area contributed by atoms with Gasteiger partial charge in [0.25, 0.3) is 5.91 Å². The summed E-state index contributed by atoms with van der Waals surface area (Å²) in [5.74, 6) is 0.949. The number of carbonyl (C=O) groups excluding carboxylic acids is 1. The van der Waals surface area contributed by atoms with Crippen molar-refractivity contribution in [2.75, 3.05) is 0 Å². The number of halogens is 1. The van der Waals surface area contributed by atoms with E-state index in [1.54, 1.807) is 0 Å². The number of hydrogen-bond donors (Lipinski definition) is 1. The molecule has 15 heavy (non-hydrogen) atoms. The first-order valence-electron chi connectivity index (χ1n) is 5.26. The fourth-order valence-corrected chi connectivity index (χ4v) is 3.05. The normalized spacial score (nSPS) is 31.4. The summed E-state index contributed by atoms with van der Waals surface area (Å²) in [6.07, 6.45) is 3.55. The standard InChI is InChI=1S/C12H12BrNO/c13-10-4-2-1-3-9(10)11(15)14-12-5-8(6-12)7-12/h1-4,8H,5-7H2,(H,14,15). The number of benzene rings is 1. The molecule has 0 aliphatic heterocycles. The number of hydrogen-bond acceptors (Lipinski definition) is 1. The van der Waals surface area contributed by atoms with Crippen LogP contribution in [0.1, 0.15) is 29.6 Å². The van der Waals surface area contributed by atoms with Crippen molar-refractivity contribution in [3.8, 4) is 0 Å². The lowest BCUT2D eigenvalue weighted by Gasteiger charge is -2.61. The highest BCUT2D eigenvalue weighted by molar-refractivity contribution is 9.10. The van der Waals surface area contributed by atoms with E-state index in [2.05, 4.69) is 21.2 Å². The lowest BCUT2D eigenvalue weighted by Crippen LogP contribution is -2.68. The molecule has 4 rings (SSSR count). The van der Waals surface area contributed by atoms with Gasteiger partial charge in [0.05, 0.1) is 5.56 Å². The Morgan fingerprint density at radius 3 is 2.53 bits per heavy atom. The van der Waals surface area contributed by atoms with E-state index in [4.69, 9.17) is 0 Å². The molecule has 0 unspecified atom stereocenters. The van der Waals surface area contributed by atoms with Gasteiger partial charge in [-0.1, -0.05) is 12.1 Å². The summed E-state index contributed by atoms with van der Waals surface area (Å²) in [4.78, 5) is 12.0. The van der Waals surface area contributed by atoms with E-state index in [9.17, 15) is 4.79 Å². The first-order valence-corrected chi connectivity index (χ1v) is 6.05. The molecule has 3 aliphatic rings. The van der Waals surface area contributed by atoms with Crippen LogP contribution < -0.4 is 5.32 Å². The Kier molecular flexibility index (Phi) is 1.93. The van der Waals surface area contributed by atoms with Gasteiger partial charge in [-0.3, -0.25) is 4.79 Å². The van der Waals surface area contributed by atoms with Crippen molar-refractivity contribution in [1.29, 1.82) is 0 Å². The molecule has 0 radical (unpaired) electrons. The van der Waals surface area contributed by atoms with E-state index in [1.807, 2.05) is 24.3 Å². The van der Waals surface area contributed by atoms with Crippen molar-refractivity contribution in [1.82, 2.24) is 5.32 Å². The SMILES string of the molecule is O=C(NC12CC(C1)C2)c1ccccc1Br. The molecule has 0 atom stereocenters. The Labute approximate surface area is 97.2 Å². The molecule has 2 nitrogen and oxygen atoms in total. The molecule has 1 aromatic rings. The van der Waals surface area contributed by atoms with E-state index in [-0.39, 0.29) is 11.4 Å². The van der Waals surface area contributed by atoms with Crippen LogP contribution in [0.3, 0.4) is 0 Å². The van der Waals surface area contributed by atoms with Crippen molar-refractivity contribution in [3.63, 3.8) is 0 Å². The molecule has 78 valence electrons. The number of rotatable bonds is 2. The predicted octanol–water partition coefficient (Wildman–Crippen LogP) is 2.73. The van der Waals surface area contributed by atoms with Gasteiger partial charge in [-0.15, -0.1) is 0 Å². The third kappa shape index (κ3) is 1.41. The summed E-state index contributed by atoms with van der Waals surface area (Å²) < 4.78 is 0.870. The van der Waals surface area contributed by atoms with Gasteiger partial charge in [0.1, 0.15) is 0 Å². The second-order valence-corrected chi connectivity index (χ2v) is 5.55. The lowest BCUT2D eigenvalue weighted by atomic mass is 9.50. The zero-order chi connectivity index (χ0) is 10.5. The van der Waals surface area contributed by atoms with Gasteiger partial charge in [-0.05, 0) is 53.2 Å². The maximum Gasteiger partial charge on any atom is 0.252 e. The first kappa shape index (κ1) is 9.40. The van der Waals surface area contributed by atoms with Crippen molar-refractivity contribution in [2.24, 2.45) is 5.92 Å². The molecular weight excluding hydrogens is 254 g/mol. The highest BCUT2D eigenvalue weighted by Crippen LogP contribution is 2.57. The molecule has 0 aromatic heterocycles. The van der Waals surface area contributed by atoms with Gasteiger partial charge in [0.2, 0.25) is 0 Å². The van der Waals surface area contributed by atoms with Crippen molar-refractivity contribution in [2.45, 2.75) is 24.8 Å². The van der Waals surface area contributed by atoms with Gasteiger partial charge < -0.3 is 5.32 Å². The quantitative estimate of drug-likeness (QED) is 0.876. The molecule has 3 fully saturated rings. The molecule has 0 spiro atoms. The van der Waals surface area contributed by atoms with Crippen LogP contribution in [-0.4, -0.2) is 11.4 Å². The summed E-state index contributed by atoms with van der Waals surface area (Å²) in [6.45, 7) is 0. The smallest absolute Gasteiger partial charge is 0.252 e. The largest absolute Gasteiger partial charge is 0.347 e. The van der Waals surface area contributed by atoms with Gasteiger partial charge in [-0.25, -0.2) is 0 Å². The number of amides is 1. The van der Waals surface area contributed by atoms with Crippen LogP contribution in [0.2, 0.25) is 0 Å². The Bertz CT molecular complexity index is 412. The van der Waals surface area contributed by atoms with E-state index in [1.165, 1.54) is 19.3 Å². The Morgan fingerprint density at radius 1 is 1.33 bits per heavy atom. The fourth-order valence-electron chi connectivity index (χ4n) is 2.59. The minimum absolute atomic E-state index is 0.0561. The third-order valence-electron chi connectivity index (χ3n) is 3.54. The summed E-state index contributed by atoms with van der Waals surface area (Å²) in [7, 11) is 0. The van der Waals surface area contributed by atoms with Crippen molar-refractivity contribution < 1.29 is 4.79 Å². The van der Waals surface area contributed by atoms with Gasteiger partial charge in [0, 0.05) is 10.0 Å². The van der Waals surface area contributed by atoms with Crippen molar-refractivity contribution >= 4 is 21.8 Å². The topological polar surface area (TPSA) is 29.1 Å². The molecule has 3 aliphatic carbocycles. The van der Waals surface area contributed by atoms with Crippen LogP contribution in [-0.2, 0) is 0 Å². The molecule has 3 saturated carbocycles. The maximum absolute atomic E-state index is 12.0. The third-order valence-corrected chi connectivity index (χ3v) is 4.23. The molecule has 1 aromatic carbocycles. The average molecular weight is 266 g/mol.